The summed E-state index contributed by atoms with van der Waals surface area (Å²) in [7, 11) is 3.14. The summed E-state index contributed by atoms with van der Waals surface area (Å²) in [5.41, 5.74) is 3.10. The largest absolute Gasteiger partial charge is 0.493 e. The molecule has 1 aliphatic carbocycles. The van der Waals surface area contributed by atoms with Crippen LogP contribution in [0, 0.1) is 11.7 Å². The van der Waals surface area contributed by atoms with Crippen molar-refractivity contribution in [2.24, 2.45) is 10.9 Å². The first-order valence-electron chi connectivity index (χ1n) is 12.4. The standard InChI is InChI=1S/C29H32FNO6/c1-5-36-11-12-37-29(33)26-17(2)31-22-14-20(18-9-10-24(34-3)25(16-18)35-4)15-23(32)28(22)27(26)19-7-6-8-21(30)13-19/h6-10,13,16,20,26-27H,5,11-12,14-15H2,1-4H3/t20-,26?,27+/m1/s1. The van der Waals surface area contributed by atoms with E-state index in [-0.39, 0.29) is 31.3 Å². The van der Waals surface area contributed by atoms with E-state index >= 15 is 0 Å². The van der Waals surface area contributed by atoms with Crippen molar-refractivity contribution in [2.75, 3.05) is 34.0 Å². The van der Waals surface area contributed by atoms with Crippen LogP contribution >= 0.6 is 0 Å². The molecule has 1 heterocycles. The van der Waals surface area contributed by atoms with Crippen molar-refractivity contribution >= 4 is 17.5 Å². The summed E-state index contributed by atoms with van der Waals surface area (Å²) >= 11 is 0. The minimum atomic E-state index is -0.830. The first-order chi connectivity index (χ1) is 17.9. The fraction of sp³-hybridized carbons (Fsp3) is 0.414. The number of halogens is 1. The van der Waals surface area contributed by atoms with Crippen LogP contribution in [0.25, 0.3) is 0 Å². The first kappa shape index (κ1) is 26.5. The Bertz CT molecular complexity index is 1240. The van der Waals surface area contributed by atoms with Gasteiger partial charge in [0.1, 0.15) is 18.3 Å². The van der Waals surface area contributed by atoms with Crippen LogP contribution in [-0.4, -0.2) is 51.5 Å². The first-order valence-corrected chi connectivity index (χ1v) is 12.4. The van der Waals surface area contributed by atoms with Gasteiger partial charge in [-0.05, 0) is 61.6 Å². The second-order valence-electron chi connectivity index (χ2n) is 9.13. The molecule has 7 nitrogen and oxygen atoms in total. The Kier molecular flexibility index (Phi) is 8.38. The van der Waals surface area contributed by atoms with Gasteiger partial charge in [-0.3, -0.25) is 14.6 Å². The molecule has 37 heavy (non-hydrogen) atoms. The van der Waals surface area contributed by atoms with E-state index < -0.39 is 23.6 Å². The van der Waals surface area contributed by atoms with E-state index in [0.717, 1.165) is 5.56 Å². The van der Waals surface area contributed by atoms with Crippen molar-refractivity contribution in [1.82, 2.24) is 0 Å². The number of nitrogens with zero attached hydrogens (tertiary/aromatic N) is 1. The van der Waals surface area contributed by atoms with E-state index in [0.29, 0.717) is 47.1 Å². The summed E-state index contributed by atoms with van der Waals surface area (Å²) < 4.78 is 35.8. The Labute approximate surface area is 216 Å². The molecule has 1 unspecified atom stereocenters. The van der Waals surface area contributed by atoms with Crippen molar-refractivity contribution < 1.29 is 32.9 Å². The lowest BCUT2D eigenvalue weighted by Crippen LogP contribution is -2.38. The van der Waals surface area contributed by atoms with E-state index in [4.69, 9.17) is 23.9 Å². The molecule has 0 bridgehead atoms. The number of Topliss-reactive ketones (excluding diaryl/α,β-unsaturated/α-hetero) is 1. The molecule has 0 aromatic heterocycles. The van der Waals surface area contributed by atoms with Gasteiger partial charge in [-0.2, -0.15) is 0 Å². The minimum absolute atomic E-state index is 0.0908. The second kappa shape index (κ2) is 11.7. The number of allylic oxidation sites excluding steroid dienone is 2. The zero-order valence-corrected chi connectivity index (χ0v) is 21.6. The maximum Gasteiger partial charge on any atom is 0.315 e. The van der Waals surface area contributed by atoms with Gasteiger partial charge >= 0.3 is 5.97 Å². The quantitative estimate of drug-likeness (QED) is 0.350. The molecule has 0 saturated heterocycles. The topological polar surface area (TPSA) is 83.4 Å². The molecule has 0 radical (unpaired) electrons. The van der Waals surface area contributed by atoms with Gasteiger partial charge in [-0.15, -0.1) is 0 Å². The van der Waals surface area contributed by atoms with Crippen molar-refractivity contribution in [2.45, 2.75) is 38.5 Å². The molecule has 0 spiro atoms. The Morgan fingerprint density at radius 2 is 1.81 bits per heavy atom. The summed E-state index contributed by atoms with van der Waals surface area (Å²) in [6.07, 6.45) is 0.743. The van der Waals surface area contributed by atoms with Gasteiger partial charge in [-0.25, -0.2) is 4.39 Å². The van der Waals surface area contributed by atoms with Crippen LogP contribution in [0.15, 0.2) is 58.7 Å². The van der Waals surface area contributed by atoms with Crippen LogP contribution in [0.4, 0.5) is 4.39 Å². The molecule has 2 aromatic carbocycles. The zero-order valence-electron chi connectivity index (χ0n) is 21.6. The molecule has 2 aliphatic rings. The molecular formula is C29H32FNO6. The average Bonchev–Trinajstić information content (AvgIpc) is 2.89. The van der Waals surface area contributed by atoms with Crippen molar-refractivity contribution in [1.29, 1.82) is 0 Å². The Balaban J connectivity index is 1.71. The lowest BCUT2D eigenvalue weighted by molar-refractivity contribution is -0.148. The van der Waals surface area contributed by atoms with Crippen LogP contribution in [0.5, 0.6) is 11.5 Å². The van der Waals surface area contributed by atoms with Gasteiger partial charge in [0.15, 0.2) is 17.3 Å². The van der Waals surface area contributed by atoms with Crippen molar-refractivity contribution in [3.8, 4) is 11.5 Å². The fourth-order valence-electron chi connectivity index (χ4n) is 5.20. The van der Waals surface area contributed by atoms with Crippen LogP contribution in [0.2, 0.25) is 0 Å². The molecule has 1 aliphatic heterocycles. The maximum absolute atomic E-state index is 14.3. The predicted octanol–water partition coefficient (Wildman–Crippen LogP) is 5.00. The van der Waals surface area contributed by atoms with E-state index in [2.05, 4.69) is 0 Å². The Hall–Kier alpha value is -3.52. The minimum Gasteiger partial charge on any atom is -0.493 e. The number of esters is 1. The van der Waals surface area contributed by atoms with Gasteiger partial charge < -0.3 is 18.9 Å². The normalized spacial score (nSPS) is 21.3. The van der Waals surface area contributed by atoms with Crippen molar-refractivity contribution in [3.63, 3.8) is 0 Å². The summed E-state index contributed by atoms with van der Waals surface area (Å²) in [6, 6.07) is 11.7. The fourth-order valence-corrected chi connectivity index (χ4v) is 5.20. The maximum atomic E-state index is 14.3. The summed E-state index contributed by atoms with van der Waals surface area (Å²) in [5, 5.41) is 0. The van der Waals surface area contributed by atoms with Gasteiger partial charge in [0.05, 0.1) is 20.8 Å². The number of rotatable bonds is 9. The molecule has 0 amide bonds. The highest BCUT2D eigenvalue weighted by Crippen LogP contribution is 2.47. The number of ketones is 1. The monoisotopic (exact) mass is 509 g/mol. The number of benzene rings is 2. The smallest absolute Gasteiger partial charge is 0.315 e. The summed E-state index contributed by atoms with van der Waals surface area (Å²) in [6.45, 7) is 4.50. The number of carbonyl (C=O) groups is 2. The molecule has 0 fully saturated rings. The van der Waals surface area contributed by atoms with Gasteiger partial charge in [-0.1, -0.05) is 18.2 Å². The molecule has 8 heteroatoms. The van der Waals surface area contributed by atoms with Gasteiger partial charge in [0.25, 0.3) is 0 Å². The van der Waals surface area contributed by atoms with E-state index in [1.54, 1.807) is 33.3 Å². The van der Waals surface area contributed by atoms with Crippen LogP contribution in [0.3, 0.4) is 0 Å². The third-order valence-corrected chi connectivity index (χ3v) is 6.91. The van der Waals surface area contributed by atoms with E-state index in [1.807, 2.05) is 25.1 Å². The molecule has 0 saturated carbocycles. The highest BCUT2D eigenvalue weighted by atomic mass is 19.1. The lowest BCUT2D eigenvalue weighted by atomic mass is 9.69. The number of hydrogen-bond donors (Lipinski definition) is 0. The summed E-state index contributed by atoms with van der Waals surface area (Å²) in [4.78, 5) is 31.7. The highest BCUT2D eigenvalue weighted by Gasteiger charge is 2.45. The number of ether oxygens (including phenoxy) is 4. The SMILES string of the molecule is CCOCCOC(=O)C1C(C)=NC2=C(C(=O)C[C@H](c3ccc(OC)c(OC)c3)C2)[C@H]1c1cccc(F)c1. The lowest BCUT2D eigenvalue weighted by Gasteiger charge is -2.36. The van der Waals surface area contributed by atoms with Gasteiger partial charge in [0, 0.05) is 35.9 Å². The third-order valence-electron chi connectivity index (χ3n) is 6.91. The zero-order chi connectivity index (χ0) is 26.5. The molecule has 4 rings (SSSR count). The average molecular weight is 510 g/mol. The molecule has 0 N–H and O–H groups in total. The highest BCUT2D eigenvalue weighted by molar-refractivity contribution is 6.09. The molecule has 196 valence electrons. The number of methoxy groups -OCH3 is 2. The van der Waals surface area contributed by atoms with Crippen LogP contribution in [-0.2, 0) is 19.1 Å². The molecular weight excluding hydrogens is 477 g/mol. The molecule has 2 aromatic rings. The van der Waals surface area contributed by atoms with E-state index in [9.17, 15) is 14.0 Å². The van der Waals surface area contributed by atoms with Crippen LogP contribution < -0.4 is 9.47 Å². The summed E-state index contributed by atoms with van der Waals surface area (Å²) in [5.74, 6) is -1.49. The van der Waals surface area contributed by atoms with Gasteiger partial charge in [0.2, 0.25) is 0 Å². The van der Waals surface area contributed by atoms with Crippen molar-refractivity contribution in [3.05, 3.63) is 70.7 Å². The Morgan fingerprint density at radius 1 is 1.03 bits per heavy atom. The molecule has 3 atom stereocenters. The third kappa shape index (κ3) is 5.59. The Morgan fingerprint density at radius 3 is 2.51 bits per heavy atom. The second-order valence-corrected chi connectivity index (χ2v) is 9.13. The number of aliphatic imine (C=N–C) groups is 1. The number of carbonyl (C=O) groups excluding carboxylic acids is 2. The predicted molar refractivity (Wildman–Crippen MR) is 137 cm³/mol. The van der Waals surface area contributed by atoms with E-state index in [1.165, 1.54) is 12.1 Å². The number of hydrogen-bond acceptors (Lipinski definition) is 7. The van der Waals surface area contributed by atoms with Crippen LogP contribution in [0.1, 0.15) is 49.7 Å².